The number of aromatic amines is 1. The molecule has 3 nitrogen and oxygen atoms in total. The van der Waals surface area contributed by atoms with Gasteiger partial charge in [-0.2, -0.15) is 0 Å². The molecule has 1 saturated heterocycles. The fraction of sp³-hybridized carbons (Fsp3) is 0.400. The van der Waals surface area contributed by atoms with Crippen molar-refractivity contribution < 1.29 is 0 Å². The van der Waals surface area contributed by atoms with Gasteiger partial charge in [0.1, 0.15) is 5.82 Å². The van der Waals surface area contributed by atoms with E-state index >= 15 is 0 Å². The molecule has 18 heavy (non-hydrogen) atoms. The Balaban J connectivity index is 1.94. The summed E-state index contributed by atoms with van der Waals surface area (Å²) < 4.78 is 0. The SMILES string of the molecule is Cc1ccc(C)c(-c2cnc(C3CCCN3)[nH]2)c1. The van der Waals surface area contributed by atoms with Crippen molar-refractivity contribution in [3.63, 3.8) is 0 Å². The van der Waals surface area contributed by atoms with Gasteiger partial charge in [-0.15, -0.1) is 0 Å². The maximum absolute atomic E-state index is 4.53. The molecule has 94 valence electrons. The third kappa shape index (κ3) is 2.06. The van der Waals surface area contributed by atoms with Crippen LogP contribution in [0.1, 0.15) is 35.8 Å². The van der Waals surface area contributed by atoms with Crippen molar-refractivity contribution >= 4 is 0 Å². The minimum atomic E-state index is 0.406. The first-order valence-corrected chi connectivity index (χ1v) is 6.60. The normalized spacial score (nSPS) is 19.3. The van der Waals surface area contributed by atoms with Crippen LogP contribution in [0.5, 0.6) is 0 Å². The molecule has 2 N–H and O–H groups in total. The van der Waals surface area contributed by atoms with Crippen LogP contribution in [0.4, 0.5) is 0 Å². The highest BCUT2D eigenvalue weighted by atomic mass is 15.0. The average molecular weight is 241 g/mol. The summed E-state index contributed by atoms with van der Waals surface area (Å²) in [6, 6.07) is 6.94. The van der Waals surface area contributed by atoms with Crippen LogP contribution in [0.2, 0.25) is 0 Å². The third-order valence-electron chi connectivity index (χ3n) is 3.67. The van der Waals surface area contributed by atoms with Crippen LogP contribution in [-0.2, 0) is 0 Å². The number of nitrogens with one attached hydrogen (secondary N) is 2. The maximum atomic E-state index is 4.53. The van der Waals surface area contributed by atoms with Gasteiger partial charge in [-0.25, -0.2) is 4.98 Å². The second-order valence-electron chi connectivity index (χ2n) is 5.15. The number of nitrogens with zero attached hydrogens (tertiary/aromatic N) is 1. The Morgan fingerprint density at radius 1 is 1.28 bits per heavy atom. The summed E-state index contributed by atoms with van der Waals surface area (Å²) >= 11 is 0. The predicted molar refractivity (Wildman–Crippen MR) is 73.5 cm³/mol. The van der Waals surface area contributed by atoms with Crippen LogP contribution in [-0.4, -0.2) is 16.5 Å². The molecule has 3 heteroatoms. The van der Waals surface area contributed by atoms with Crippen LogP contribution in [0.15, 0.2) is 24.4 Å². The second kappa shape index (κ2) is 4.58. The van der Waals surface area contributed by atoms with Crippen LogP contribution < -0.4 is 5.32 Å². The van der Waals surface area contributed by atoms with E-state index in [9.17, 15) is 0 Å². The Kier molecular flexibility index (Phi) is 2.92. The zero-order valence-corrected chi connectivity index (χ0v) is 11.0. The molecule has 0 aliphatic carbocycles. The van der Waals surface area contributed by atoms with Crippen molar-refractivity contribution in [1.82, 2.24) is 15.3 Å². The fourth-order valence-corrected chi connectivity index (χ4v) is 2.59. The molecule has 1 aromatic carbocycles. The summed E-state index contributed by atoms with van der Waals surface area (Å²) in [4.78, 5) is 7.99. The van der Waals surface area contributed by atoms with E-state index in [1.165, 1.54) is 29.5 Å². The number of aryl methyl sites for hydroxylation is 2. The molecule has 1 aliphatic heterocycles. The van der Waals surface area contributed by atoms with Crippen molar-refractivity contribution in [1.29, 1.82) is 0 Å². The van der Waals surface area contributed by atoms with Gasteiger partial charge >= 0.3 is 0 Å². The summed E-state index contributed by atoms with van der Waals surface area (Å²) in [7, 11) is 0. The van der Waals surface area contributed by atoms with Gasteiger partial charge in [-0.1, -0.05) is 17.7 Å². The molecule has 0 amide bonds. The standard InChI is InChI=1S/C15H19N3/c1-10-5-6-11(2)12(8-10)14-9-17-15(18-14)13-4-3-7-16-13/h5-6,8-9,13,16H,3-4,7H2,1-2H3,(H,17,18). The molecule has 1 aliphatic rings. The number of imidazole rings is 1. The summed E-state index contributed by atoms with van der Waals surface area (Å²) in [5.74, 6) is 1.07. The number of benzene rings is 1. The van der Waals surface area contributed by atoms with E-state index in [1.807, 2.05) is 6.20 Å². The zero-order valence-electron chi connectivity index (χ0n) is 11.0. The lowest BCUT2D eigenvalue weighted by Crippen LogP contribution is -2.14. The molecular formula is C15H19N3. The van der Waals surface area contributed by atoms with E-state index in [0.29, 0.717) is 6.04 Å². The first kappa shape index (κ1) is 11.5. The van der Waals surface area contributed by atoms with Gasteiger partial charge < -0.3 is 10.3 Å². The highest BCUT2D eigenvalue weighted by molar-refractivity contribution is 5.63. The van der Waals surface area contributed by atoms with E-state index < -0.39 is 0 Å². The quantitative estimate of drug-likeness (QED) is 0.848. The highest BCUT2D eigenvalue weighted by Crippen LogP contribution is 2.26. The molecule has 1 aromatic heterocycles. The van der Waals surface area contributed by atoms with Crippen molar-refractivity contribution in [3.8, 4) is 11.3 Å². The number of hydrogen-bond donors (Lipinski definition) is 2. The Morgan fingerprint density at radius 2 is 2.17 bits per heavy atom. The summed E-state index contributed by atoms with van der Waals surface area (Å²) in [6.45, 7) is 5.37. The molecular weight excluding hydrogens is 222 g/mol. The van der Waals surface area contributed by atoms with Crippen molar-refractivity contribution in [2.75, 3.05) is 6.54 Å². The van der Waals surface area contributed by atoms with Crippen molar-refractivity contribution in [2.24, 2.45) is 0 Å². The molecule has 2 aromatic rings. The van der Waals surface area contributed by atoms with Crippen molar-refractivity contribution in [3.05, 3.63) is 41.3 Å². The lowest BCUT2D eigenvalue weighted by molar-refractivity contribution is 0.613. The number of rotatable bonds is 2. The van der Waals surface area contributed by atoms with E-state index in [2.05, 4.69) is 47.3 Å². The van der Waals surface area contributed by atoms with E-state index in [0.717, 1.165) is 18.1 Å². The van der Waals surface area contributed by atoms with Gasteiger partial charge in [0.05, 0.1) is 17.9 Å². The molecule has 2 heterocycles. The summed E-state index contributed by atoms with van der Waals surface area (Å²) in [5.41, 5.74) is 4.95. The average Bonchev–Trinajstić information content (AvgIpc) is 3.00. The lowest BCUT2D eigenvalue weighted by Gasteiger charge is -2.07. The number of aromatic nitrogens is 2. The van der Waals surface area contributed by atoms with Gasteiger partial charge in [0.25, 0.3) is 0 Å². The Labute approximate surface area is 108 Å². The third-order valence-corrected chi connectivity index (χ3v) is 3.67. The van der Waals surface area contributed by atoms with E-state index in [-0.39, 0.29) is 0 Å². The number of hydrogen-bond acceptors (Lipinski definition) is 2. The van der Waals surface area contributed by atoms with Crippen LogP contribution in [0.25, 0.3) is 11.3 Å². The summed E-state index contributed by atoms with van der Waals surface area (Å²) in [6.07, 6.45) is 4.38. The second-order valence-corrected chi connectivity index (χ2v) is 5.15. The Morgan fingerprint density at radius 3 is 2.94 bits per heavy atom. The minimum absolute atomic E-state index is 0.406. The molecule has 0 spiro atoms. The van der Waals surface area contributed by atoms with Crippen LogP contribution in [0, 0.1) is 13.8 Å². The number of H-pyrrole nitrogens is 1. The molecule has 1 atom stereocenters. The van der Waals surface area contributed by atoms with Crippen molar-refractivity contribution in [2.45, 2.75) is 32.7 Å². The Bertz CT molecular complexity index is 551. The molecule has 1 unspecified atom stereocenters. The molecule has 3 rings (SSSR count). The molecule has 0 bridgehead atoms. The molecule has 0 radical (unpaired) electrons. The van der Waals surface area contributed by atoms with Gasteiger partial charge in [-0.3, -0.25) is 0 Å². The summed E-state index contributed by atoms with van der Waals surface area (Å²) in [5, 5.41) is 3.47. The van der Waals surface area contributed by atoms with Crippen LogP contribution in [0.3, 0.4) is 0 Å². The maximum Gasteiger partial charge on any atom is 0.123 e. The monoisotopic (exact) mass is 241 g/mol. The first-order chi connectivity index (χ1) is 8.74. The predicted octanol–water partition coefficient (Wildman–Crippen LogP) is 3.12. The van der Waals surface area contributed by atoms with Gasteiger partial charge in [0, 0.05) is 5.56 Å². The zero-order chi connectivity index (χ0) is 12.5. The topological polar surface area (TPSA) is 40.7 Å². The minimum Gasteiger partial charge on any atom is -0.341 e. The highest BCUT2D eigenvalue weighted by Gasteiger charge is 2.19. The fourth-order valence-electron chi connectivity index (χ4n) is 2.59. The molecule has 0 saturated carbocycles. The van der Waals surface area contributed by atoms with Gasteiger partial charge in [0.15, 0.2) is 0 Å². The van der Waals surface area contributed by atoms with E-state index in [4.69, 9.17) is 0 Å². The molecule has 1 fully saturated rings. The smallest absolute Gasteiger partial charge is 0.123 e. The van der Waals surface area contributed by atoms with E-state index in [1.54, 1.807) is 0 Å². The first-order valence-electron chi connectivity index (χ1n) is 6.60. The Hall–Kier alpha value is -1.61. The van der Waals surface area contributed by atoms with Crippen LogP contribution >= 0.6 is 0 Å². The largest absolute Gasteiger partial charge is 0.341 e. The van der Waals surface area contributed by atoms with Gasteiger partial charge in [0.2, 0.25) is 0 Å². The lowest BCUT2D eigenvalue weighted by atomic mass is 10.0. The van der Waals surface area contributed by atoms with Gasteiger partial charge in [-0.05, 0) is 44.9 Å².